The Balaban J connectivity index is 2.83. The third-order valence-corrected chi connectivity index (χ3v) is 2.22. The fourth-order valence-corrected chi connectivity index (χ4v) is 1.30. The molecular weight excluding hydrogens is 230 g/mol. The summed E-state index contributed by atoms with van der Waals surface area (Å²) in [7, 11) is 0. The summed E-state index contributed by atoms with van der Waals surface area (Å²) in [6.45, 7) is 1.95. The van der Waals surface area contributed by atoms with Crippen LogP contribution in [-0.2, 0) is 0 Å². The molecule has 0 bridgehead atoms. The summed E-state index contributed by atoms with van der Waals surface area (Å²) in [5.41, 5.74) is 11.7. The number of hydrogen-bond acceptors (Lipinski definition) is 1. The lowest BCUT2D eigenvalue weighted by Gasteiger charge is -2.06. The highest BCUT2D eigenvalue weighted by Crippen LogP contribution is 2.18. The van der Waals surface area contributed by atoms with E-state index in [1.54, 1.807) is 0 Å². The molecule has 13 heavy (non-hydrogen) atoms. The molecule has 0 spiro atoms. The Hall–Kier alpha value is -1.03. The van der Waals surface area contributed by atoms with Crippen molar-refractivity contribution in [1.82, 2.24) is 0 Å². The summed E-state index contributed by atoms with van der Waals surface area (Å²) in [4.78, 5) is 4.03. The number of rotatable bonds is 2. The molecule has 0 unspecified atom stereocenters. The summed E-state index contributed by atoms with van der Waals surface area (Å²) in [6.07, 6.45) is 0. The maximum atomic E-state index is 5.28. The number of guanidine groups is 1. The smallest absolute Gasteiger partial charge is 0.186 e. The maximum absolute atomic E-state index is 5.28. The predicted molar refractivity (Wildman–Crippen MR) is 58.4 cm³/mol. The van der Waals surface area contributed by atoms with Gasteiger partial charge in [0.1, 0.15) is 0 Å². The standard InChI is InChI=1S/C9H12BrN3/c1-6(13-9(11)12)7-2-4-8(10)5-3-7/h2-6H,1H3,(H4,11,12,13)/t6-/m1/s1. The van der Waals surface area contributed by atoms with Gasteiger partial charge >= 0.3 is 0 Å². The minimum Gasteiger partial charge on any atom is -0.370 e. The highest BCUT2D eigenvalue weighted by Gasteiger charge is 2.02. The first-order valence-corrected chi connectivity index (χ1v) is 4.73. The molecule has 1 atom stereocenters. The topological polar surface area (TPSA) is 64.4 Å². The van der Waals surface area contributed by atoms with E-state index in [1.165, 1.54) is 0 Å². The van der Waals surface area contributed by atoms with Crippen molar-refractivity contribution in [3.63, 3.8) is 0 Å². The van der Waals surface area contributed by atoms with E-state index in [0.29, 0.717) is 0 Å². The van der Waals surface area contributed by atoms with Gasteiger partial charge in [-0.2, -0.15) is 0 Å². The largest absolute Gasteiger partial charge is 0.370 e. The van der Waals surface area contributed by atoms with Gasteiger partial charge in [-0.05, 0) is 24.6 Å². The monoisotopic (exact) mass is 241 g/mol. The Bertz CT molecular complexity index is 301. The van der Waals surface area contributed by atoms with Crippen molar-refractivity contribution in [2.75, 3.05) is 0 Å². The van der Waals surface area contributed by atoms with Gasteiger partial charge in [0.25, 0.3) is 0 Å². The first-order chi connectivity index (χ1) is 6.09. The Labute approximate surface area is 86.0 Å². The molecule has 70 valence electrons. The first-order valence-electron chi connectivity index (χ1n) is 3.94. The Kier molecular flexibility index (Phi) is 3.31. The van der Waals surface area contributed by atoms with Crippen molar-refractivity contribution in [2.24, 2.45) is 16.5 Å². The molecule has 0 amide bonds. The molecular formula is C9H12BrN3. The zero-order valence-corrected chi connectivity index (χ0v) is 8.95. The van der Waals surface area contributed by atoms with Gasteiger partial charge in [-0.25, -0.2) is 4.99 Å². The zero-order chi connectivity index (χ0) is 9.84. The van der Waals surface area contributed by atoms with Gasteiger partial charge in [-0.1, -0.05) is 28.1 Å². The summed E-state index contributed by atoms with van der Waals surface area (Å²) < 4.78 is 1.05. The van der Waals surface area contributed by atoms with Crippen molar-refractivity contribution in [3.05, 3.63) is 34.3 Å². The Morgan fingerprint density at radius 2 is 1.85 bits per heavy atom. The fourth-order valence-electron chi connectivity index (χ4n) is 1.04. The molecule has 3 nitrogen and oxygen atoms in total. The Morgan fingerprint density at radius 3 is 2.31 bits per heavy atom. The summed E-state index contributed by atoms with van der Waals surface area (Å²) >= 11 is 3.36. The molecule has 1 aromatic rings. The highest BCUT2D eigenvalue weighted by molar-refractivity contribution is 9.10. The van der Waals surface area contributed by atoms with E-state index >= 15 is 0 Å². The van der Waals surface area contributed by atoms with Crippen LogP contribution in [0, 0.1) is 0 Å². The van der Waals surface area contributed by atoms with Crippen LogP contribution in [0.5, 0.6) is 0 Å². The van der Waals surface area contributed by atoms with Gasteiger partial charge in [0.15, 0.2) is 5.96 Å². The van der Waals surface area contributed by atoms with Crippen LogP contribution >= 0.6 is 15.9 Å². The third-order valence-electron chi connectivity index (χ3n) is 1.70. The highest BCUT2D eigenvalue weighted by atomic mass is 79.9. The zero-order valence-electron chi connectivity index (χ0n) is 7.37. The molecule has 0 aromatic heterocycles. The molecule has 0 radical (unpaired) electrons. The van der Waals surface area contributed by atoms with Crippen LogP contribution in [0.3, 0.4) is 0 Å². The predicted octanol–water partition coefficient (Wildman–Crippen LogP) is 1.78. The molecule has 4 N–H and O–H groups in total. The van der Waals surface area contributed by atoms with Crippen molar-refractivity contribution in [3.8, 4) is 0 Å². The fraction of sp³-hybridized carbons (Fsp3) is 0.222. The number of hydrogen-bond donors (Lipinski definition) is 2. The second-order valence-corrected chi connectivity index (χ2v) is 3.70. The van der Waals surface area contributed by atoms with Gasteiger partial charge in [-0.15, -0.1) is 0 Å². The van der Waals surface area contributed by atoms with E-state index in [2.05, 4.69) is 20.9 Å². The van der Waals surface area contributed by atoms with E-state index in [0.717, 1.165) is 10.0 Å². The van der Waals surface area contributed by atoms with Crippen LogP contribution in [0.1, 0.15) is 18.5 Å². The number of nitrogens with zero attached hydrogens (tertiary/aromatic N) is 1. The Morgan fingerprint density at radius 1 is 1.31 bits per heavy atom. The second kappa shape index (κ2) is 4.28. The van der Waals surface area contributed by atoms with Crippen molar-refractivity contribution in [2.45, 2.75) is 13.0 Å². The van der Waals surface area contributed by atoms with Gasteiger partial charge in [-0.3, -0.25) is 0 Å². The number of benzene rings is 1. The van der Waals surface area contributed by atoms with Crippen LogP contribution < -0.4 is 11.5 Å². The quantitative estimate of drug-likeness (QED) is 0.613. The van der Waals surface area contributed by atoms with Crippen LogP contribution in [0.15, 0.2) is 33.7 Å². The average Bonchev–Trinajstić information content (AvgIpc) is 2.04. The first kappa shape index (κ1) is 10.1. The lowest BCUT2D eigenvalue weighted by atomic mass is 10.1. The molecule has 0 saturated carbocycles. The second-order valence-electron chi connectivity index (χ2n) is 2.78. The summed E-state index contributed by atoms with van der Waals surface area (Å²) in [6, 6.07) is 7.92. The molecule has 0 saturated heterocycles. The number of halogens is 1. The van der Waals surface area contributed by atoms with E-state index in [4.69, 9.17) is 11.5 Å². The average molecular weight is 242 g/mol. The van der Waals surface area contributed by atoms with Crippen molar-refractivity contribution < 1.29 is 0 Å². The molecule has 4 heteroatoms. The molecule has 0 heterocycles. The van der Waals surface area contributed by atoms with Gasteiger partial charge in [0, 0.05) is 4.47 Å². The third kappa shape index (κ3) is 3.06. The van der Waals surface area contributed by atoms with Gasteiger partial charge in [0.2, 0.25) is 0 Å². The van der Waals surface area contributed by atoms with Gasteiger partial charge < -0.3 is 11.5 Å². The minimum absolute atomic E-state index is 0.0121. The molecule has 0 aliphatic heterocycles. The summed E-state index contributed by atoms with van der Waals surface area (Å²) in [5.74, 6) is 0.121. The van der Waals surface area contributed by atoms with E-state index in [-0.39, 0.29) is 12.0 Å². The van der Waals surface area contributed by atoms with Gasteiger partial charge in [0.05, 0.1) is 6.04 Å². The van der Waals surface area contributed by atoms with Crippen LogP contribution in [0.2, 0.25) is 0 Å². The maximum Gasteiger partial charge on any atom is 0.186 e. The van der Waals surface area contributed by atoms with Crippen molar-refractivity contribution in [1.29, 1.82) is 0 Å². The SMILES string of the molecule is C[C@@H](N=C(N)N)c1ccc(Br)cc1. The van der Waals surface area contributed by atoms with E-state index < -0.39 is 0 Å². The normalized spacial score (nSPS) is 12.2. The number of aliphatic imine (C=N–C) groups is 1. The van der Waals surface area contributed by atoms with Crippen LogP contribution in [0.4, 0.5) is 0 Å². The van der Waals surface area contributed by atoms with Crippen LogP contribution in [-0.4, -0.2) is 5.96 Å². The molecule has 0 aliphatic rings. The molecule has 0 aliphatic carbocycles. The lowest BCUT2D eigenvalue weighted by Crippen LogP contribution is -2.23. The lowest BCUT2D eigenvalue weighted by molar-refractivity contribution is 0.815. The molecule has 0 fully saturated rings. The minimum atomic E-state index is 0.0121. The number of nitrogens with two attached hydrogens (primary N) is 2. The molecule has 1 aromatic carbocycles. The van der Waals surface area contributed by atoms with E-state index in [9.17, 15) is 0 Å². The van der Waals surface area contributed by atoms with E-state index in [1.807, 2.05) is 31.2 Å². The molecule has 1 rings (SSSR count). The van der Waals surface area contributed by atoms with Crippen LogP contribution in [0.25, 0.3) is 0 Å². The van der Waals surface area contributed by atoms with Crippen molar-refractivity contribution >= 4 is 21.9 Å². The summed E-state index contributed by atoms with van der Waals surface area (Å²) in [5, 5.41) is 0.